The highest BCUT2D eigenvalue weighted by atomic mass is 35.5. The Morgan fingerprint density at radius 2 is 2.03 bits per heavy atom. The third kappa shape index (κ3) is 4.68. The van der Waals surface area contributed by atoms with Gasteiger partial charge in [-0.05, 0) is 36.8 Å². The van der Waals surface area contributed by atoms with Crippen LogP contribution in [0.1, 0.15) is 29.0 Å². The molecule has 1 aromatic heterocycles. The second-order valence-corrected chi connectivity index (χ2v) is 7.92. The Hall–Kier alpha value is -3.46. The standard InChI is InChI=1S/C23H24ClFN4O4/c1-5-20(31)29-7-6-28(12-30)22(13(29)2)17-11-15(24)10-16(21(17)25)14-8-18(23(32)26-3)27-19(9-14)33-4/h5,8-13,22H,1,6-7H2,2-4H3,(H,26,32)/t13-,22?/m1/s1. The highest BCUT2D eigenvalue weighted by Gasteiger charge is 2.38. The summed E-state index contributed by atoms with van der Waals surface area (Å²) in [6, 6.07) is 4.46. The topological polar surface area (TPSA) is 91.8 Å². The minimum Gasteiger partial charge on any atom is -0.481 e. The number of piperazine rings is 1. The van der Waals surface area contributed by atoms with Gasteiger partial charge in [-0.15, -0.1) is 0 Å². The maximum absolute atomic E-state index is 16.0. The van der Waals surface area contributed by atoms with E-state index in [1.165, 1.54) is 54.3 Å². The van der Waals surface area contributed by atoms with Crippen molar-refractivity contribution in [2.75, 3.05) is 27.2 Å². The molecule has 8 nitrogen and oxygen atoms in total. The zero-order valence-corrected chi connectivity index (χ0v) is 19.2. The molecule has 10 heteroatoms. The van der Waals surface area contributed by atoms with Crippen molar-refractivity contribution in [1.29, 1.82) is 0 Å². The fourth-order valence-electron chi connectivity index (χ4n) is 4.04. The summed E-state index contributed by atoms with van der Waals surface area (Å²) in [6.07, 6.45) is 1.82. The molecule has 0 saturated carbocycles. The van der Waals surface area contributed by atoms with E-state index in [1.54, 1.807) is 6.92 Å². The largest absolute Gasteiger partial charge is 0.481 e. The molecule has 1 fully saturated rings. The van der Waals surface area contributed by atoms with E-state index in [2.05, 4.69) is 16.9 Å². The fourth-order valence-corrected chi connectivity index (χ4v) is 4.27. The molecule has 1 unspecified atom stereocenters. The number of aromatic nitrogens is 1. The Morgan fingerprint density at radius 3 is 2.64 bits per heavy atom. The molecular weight excluding hydrogens is 451 g/mol. The third-order valence-electron chi connectivity index (χ3n) is 5.66. The van der Waals surface area contributed by atoms with E-state index in [9.17, 15) is 14.4 Å². The van der Waals surface area contributed by atoms with Gasteiger partial charge in [0.05, 0.1) is 19.2 Å². The number of ether oxygens (including phenoxy) is 1. The summed E-state index contributed by atoms with van der Waals surface area (Å²) in [4.78, 5) is 43.3. The number of pyridine rings is 1. The number of methoxy groups -OCH3 is 1. The lowest BCUT2D eigenvalue weighted by molar-refractivity contribution is -0.137. The van der Waals surface area contributed by atoms with Gasteiger partial charge in [-0.3, -0.25) is 14.4 Å². The van der Waals surface area contributed by atoms with Crippen LogP contribution in [0.2, 0.25) is 5.02 Å². The van der Waals surface area contributed by atoms with Crippen molar-refractivity contribution in [2.24, 2.45) is 0 Å². The molecule has 1 aliphatic heterocycles. The van der Waals surface area contributed by atoms with E-state index >= 15 is 4.39 Å². The number of carbonyl (C=O) groups excluding carboxylic acids is 3. The predicted octanol–water partition coefficient (Wildman–Crippen LogP) is 2.83. The van der Waals surface area contributed by atoms with Crippen molar-refractivity contribution in [3.63, 3.8) is 0 Å². The Kier molecular flexibility index (Phi) is 7.33. The molecule has 2 aromatic rings. The van der Waals surface area contributed by atoms with Gasteiger partial charge in [0, 0.05) is 42.4 Å². The molecule has 2 heterocycles. The van der Waals surface area contributed by atoms with Crippen molar-refractivity contribution < 1.29 is 23.5 Å². The van der Waals surface area contributed by atoms with Gasteiger partial charge < -0.3 is 19.9 Å². The van der Waals surface area contributed by atoms with E-state index < -0.39 is 23.8 Å². The molecule has 3 rings (SSSR count). The fraction of sp³-hybridized carbons (Fsp3) is 0.304. The van der Waals surface area contributed by atoms with Gasteiger partial charge in [0.1, 0.15) is 11.5 Å². The van der Waals surface area contributed by atoms with E-state index in [4.69, 9.17) is 16.3 Å². The smallest absolute Gasteiger partial charge is 0.269 e. The molecule has 1 N–H and O–H groups in total. The Bertz CT molecular complexity index is 1110. The van der Waals surface area contributed by atoms with Crippen LogP contribution in [0.25, 0.3) is 11.1 Å². The van der Waals surface area contributed by atoms with Crippen molar-refractivity contribution in [2.45, 2.75) is 19.0 Å². The number of benzene rings is 1. The lowest BCUT2D eigenvalue weighted by Gasteiger charge is -2.45. The van der Waals surface area contributed by atoms with Gasteiger partial charge in [0.15, 0.2) is 0 Å². The number of carbonyl (C=O) groups is 3. The average molecular weight is 475 g/mol. The molecular formula is C23H24ClFN4O4. The maximum atomic E-state index is 16.0. The highest BCUT2D eigenvalue weighted by Crippen LogP contribution is 2.38. The van der Waals surface area contributed by atoms with Gasteiger partial charge in [0.25, 0.3) is 5.91 Å². The van der Waals surface area contributed by atoms with Crippen molar-refractivity contribution in [3.05, 3.63) is 59.0 Å². The molecule has 174 valence electrons. The summed E-state index contributed by atoms with van der Waals surface area (Å²) in [5.74, 6) is -1.29. The van der Waals surface area contributed by atoms with Gasteiger partial charge in [0.2, 0.25) is 18.2 Å². The minimum absolute atomic E-state index is 0.0380. The van der Waals surface area contributed by atoms with Gasteiger partial charge in [-0.25, -0.2) is 9.37 Å². The summed E-state index contributed by atoms with van der Waals surface area (Å²) < 4.78 is 21.2. The number of rotatable bonds is 6. The Balaban J connectivity index is 2.18. The highest BCUT2D eigenvalue weighted by molar-refractivity contribution is 6.31. The number of hydrogen-bond acceptors (Lipinski definition) is 5. The van der Waals surface area contributed by atoms with Crippen LogP contribution in [0.4, 0.5) is 4.39 Å². The summed E-state index contributed by atoms with van der Waals surface area (Å²) in [6.45, 7) is 5.78. The normalized spacial score (nSPS) is 18.0. The molecule has 0 spiro atoms. The first kappa shape index (κ1) is 24.2. The van der Waals surface area contributed by atoms with Crippen LogP contribution >= 0.6 is 11.6 Å². The zero-order chi connectivity index (χ0) is 24.3. The van der Waals surface area contributed by atoms with Crippen molar-refractivity contribution in [3.8, 4) is 17.0 Å². The van der Waals surface area contributed by atoms with E-state index in [1.807, 2.05) is 0 Å². The van der Waals surface area contributed by atoms with Gasteiger partial charge in [-0.2, -0.15) is 0 Å². The predicted molar refractivity (Wildman–Crippen MR) is 121 cm³/mol. The second kappa shape index (κ2) is 9.99. The quantitative estimate of drug-likeness (QED) is 0.513. The van der Waals surface area contributed by atoms with Crippen molar-refractivity contribution in [1.82, 2.24) is 20.1 Å². The maximum Gasteiger partial charge on any atom is 0.269 e. The number of halogens is 2. The number of hydrogen-bond donors (Lipinski definition) is 1. The molecule has 33 heavy (non-hydrogen) atoms. The van der Waals surface area contributed by atoms with Crippen LogP contribution in [0.15, 0.2) is 36.9 Å². The Labute approximate surface area is 196 Å². The minimum atomic E-state index is -0.778. The first-order valence-corrected chi connectivity index (χ1v) is 10.5. The number of amides is 3. The first-order valence-electron chi connectivity index (χ1n) is 10.2. The van der Waals surface area contributed by atoms with Crippen LogP contribution in [-0.4, -0.2) is 66.3 Å². The lowest BCUT2D eigenvalue weighted by Crippen LogP contribution is -2.55. The molecule has 0 aliphatic carbocycles. The van der Waals surface area contributed by atoms with Crippen LogP contribution in [-0.2, 0) is 9.59 Å². The molecule has 2 atom stereocenters. The van der Waals surface area contributed by atoms with Gasteiger partial charge in [-0.1, -0.05) is 18.2 Å². The summed E-state index contributed by atoms with van der Waals surface area (Å²) in [5, 5.41) is 2.70. The molecule has 3 amide bonds. The molecule has 1 aromatic carbocycles. The van der Waals surface area contributed by atoms with E-state index in [0.717, 1.165) is 0 Å². The molecule has 1 aliphatic rings. The number of nitrogens with one attached hydrogen (secondary N) is 1. The molecule has 1 saturated heterocycles. The summed E-state index contributed by atoms with van der Waals surface area (Å²) in [7, 11) is 2.84. The van der Waals surface area contributed by atoms with Crippen LogP contribution in [0.3, 0.4) is 0 Å². The third-order valence-corrected chi connectivity index (χ3v) is 5.88. The monoisotopic (exact) mass is 474 g/mol. The zero-order valence-electron chi connectivity index (χ0n) is 18.5. The lowest BCUT2D eigenvalue weighted by atomic mass is 9.91. The second-order valence-electron chi connectivity index (χ2n) is 7.48. The van der Waals surface area contributed by atoms with Crippen LogP contribution < -0.4 is 10.1 Å². The van der Waals surface area contributed by atoms with E-state index in [0.29, 0.717) is 18.5 Å². The average Bonchev–Trinajstić information content (AvgIpc) is 2.83. The Morgan fingerprint density at radius 1 is 1.30 bits per heavy atom. The summed E-state index contributed by atoms with van der Waals surface area (Å²) in [5.41, 5.74) is 0.613. The van der Waals surface area contributed by atoms with Crippen LogP contribution in [0.5, 0.6) is 5.88 Å². The van der Waals surface area contributed by atoms with Gasteiger partial charge >= 0.3 is 0 Å². The van der Waals surface area contributed by atoms with Crippen LogP contribution in [0, 0.1) is 5.82 Å². The van der Waals surface area contributed by atoms with E-state index in [-0.39, 0.29) is 40.2 Å². The first-order chi connectivity index (χ1) is 15.7. The molecule has 0 bridgehead atoms. The summed E-state index contributed by atoms with van der Waals surface area (Å²) >= 11 is 6.36. The van der Waals surface area contributed by atoms with Crippen molar-refractivity contribution >= 4 is 29.8 Å². The SMILES string of the molecule is C=CC(=O)N1CCN(C=O)C(c2cc(Cl)cc(-c3cc(OC)nc(C(=O)NC)c3)c2F)[C@H]1C. The molecule has 0 radical (unpaired) electrons. The number of nitrogens with zero attached hydrogens (tertiary/aromatic N) is 3.